The number of carbonyl (C=O) groups excluding carboxylic acids is 1. The Bertz CT molecular complexity index is 355. The highest BCUT2D eigenvalue weighted by molar-refractivity contribution is 5.95. The fourth-order valence-corrected chi connectivity index (χ4v) is 1.21. The lowest BCUT2D eigenvalue weighted by molar-refractivity contribution is 0.0686. The average molecular weight is 258 g/mol. The summed E-state index contributed by atoms with van der Waals surface area (Å²) in [6, 6.07) is 0. The third kappa shape index (κ3) is 5.11. The van der Waals surface area contributed by atoms with E-state index in [0.29, 0.717) is 26.4 Å². The first kappa shape index (κ1) is 14.4. The van der Waals surface area contributed by atoms with E-state index < -0.39 is 0 Å². The van der Waals surface area contributed by atoms with Gasteiger partial charge >= 0.3 is 0 Å². The highest BCUT2D eigenvalue weighted by Gasteiger charge is 2.14. The Morgan fingerprint density at radius 2 is 2.17 bits per heavy atom. The number of nitrogen functional groups attached to an aromatic ring is 1. The lowest BCUT2D eigenvalue weighted by atomic mass is 10.3. The van der Waals surface area contributed by atoms with Gasteiger partial charge in [0.2, 0.25) is 11.5 Å². The summed E-state index contributed by atoms with van der Waals surface area (Å²) in [5, 5.41) is 9.39. The van der Waals surface area contributed by atoms with E-state index in [1.165, 1.54) is 0 Å². The minimum Gasteiger partial charge on any atom is -0.382 e. The number of amides is 1. The van der Waals surface area contributed by atoms with Crippen molar-refractivity contribution in [1.82, 2.24) is 15.6 Å². The van der Waals surface area contributed by atoms with Crippen molar-refractivity contribution in [1.29, 1.82) is 0 Å². The van der Waals surface area contributed by atoms with Crippen molar-refractivity contribution >= 4 is 11.7 Å². The van der Waals surface area contributed by atoms with E-state index in [-0.39, 0.29) is 17.4 Å². The number of unbranched alkanes of at least 4 members (excludes halogenated alkanes) is 1. The first-order valence-electron chi connectivity index (χ1n) is 5.68. The van der Waals surface area contributed by atoms with Crippen LogP contribution in [-0.4, -0.2) is 49.7 Å². The normalized spacial score (nSPS) is 10.5. The number of ether oxygens (including phenoxy) is 2. The zero-order valence-corrected chi connectivity index (χ0v) is 10.3. The Kier molecular flexibility index (Phi) is 6.74. The van der Waals surface area contributed by atoms with Crippen LogP contribution in [0, 0.1) is 0 Å². The standard InChI is InChI=1S/C10H18N4O4/c1-16-6-7-17-5-3-2-4-12-10(15)8-9(11)14-18-13-8/h2-7H2,1H3,(H2,11,14)(H,12,15). The molecule has 0 radical (unpaired) electrons. The van der Waals surface area contributed by atoms with Crippen LogP contribution in [0.4, 0.5) is 5.82 Å². The highest BCUT2D eigenvalue weighted by atomic mass is 16.6. The first-order chi connectivity index (χ1) is 8.75. The molecule has 1 aromatic rings. The van der Waals surface area contributed by atoms with Gasteiger partial charge in [-0.25, -0.2) is 4.63 Å². The molecule has 0 unspecified atom stereocenters. The molecule has 0 aliphatic carbocycles. The Labute approximate surface area is 105 Å². The molecule has 1 heterocycles. The quantitative estimate of drug-likeness (QED) is 0.591. The Hall–Kier alpha value is -1.67. The largest absolute Gasteiger partial charge is 0.382 e. The number of nitrogens with zero attached hydrogens (tertiary/aromatic N) is 2. The summed E-state index contributed by atoms with van der Waals surface area (Å²) < 4.78 is 14.4. The van der Waals surface area contributed by atoms with Crippen LogP contribution in [0.3, 0.4) is 0 Å². The van der Waals surface area contributed by atoms with E-state index in [1.54, 1.807) is 7.11 Å². The molecule has 8 heteroatoms. The van der Waals surface area contributed by atoms with Gasteiger partial charge in [-0.15, -0.1) is 0 Å². The summed E-state index contributed by atoms with van der Waals surface area (Å²) >= 11 is 0. The van der Waals surface area contributed by atoms with E-state index in [2.05, 4.69) is 20.3 Å². The van der Waals surface area contributed by atoms with Crippen molar-refractivity contribution in [3.8, 4) is 0 Å². The Morgan fingerprint density at radius 1 is 1.33 bits per heavy atom. The summed E-state index contributed by atoms with van der Waals surface area (Å²) in [6.45, 7) is 2.35. The van der Waals surface area contributed by atoms with Gasteiger partial charge in [0.15, 0.2) is 0 Å². The maximum atomic E-state index is 11.5. The molecular formula is C10H18N4O4. The molecule has 0 aromatic carbocycles. The van der Waals surface area contributed by atoms with Crippen molar-refractivity contribution in [2.75, 3.05) is 39.2 Å². The molecule has 8 nitrogen and oxygen atoms in total. The maximum absolute atomic E-state index is 11.5. The number of nitrogens with one attached hydrogen (secondary N) is 1. The van der Waals surface area contributed by atoms with Gasteiger partial charge in [0.05, 0.1) is 13.2 Å². The average Bonchev–Trinajstić information content (AvgIpc) is 2.79. The number of rotatable bonds is 9. The van der Waals surface area contributed by atoms with Gasteiger partial charge in [-0.3, -0.25) is 4.79 Å². The van der Waals surface area contributed by atoms with Crippen molar-refractivity contribution in [3.05, 3.63) is 5.69 Å². The topological polar surface area (TPSA) is 112 Å². The summed E-state index contributed by atoms with van der Waals surface area (Å²) in [4.78, 5) is 11.5. The van der Waals surface area contributed by atoms with Crippen LogP contribution >= 0.6 is 0 Å². The lowest BCUT2D eigenvalue weighted by Gasteiger charge is -2.04. The third-order valence-corrected chi connectivity index (χ3v) is 2.16. The smallest absolute Gasteiger partial charge is 0.277 e. The van der Waals surface area contributed by atoms with E-state index in [1.807, 2.05) is 0 Å². The molecular weight excluding hydrogens is 240 g/mol. The molecule has 0 saturated carbocycles. The second kappa shape index (κ2) is 8.43. The molecule has 1 aromatic heterocycles. The minimum atomic E-state index is -0.381. The van der Waals surface area contributed by atoms with Crippen molar-refractivity contribution < 1.29 is 18.9 Å². The maximum Gasteiger partial charge on any atom is 0.277 e. The zero-order chi connectivity index (χ0) is 13.2. The number of anilines is 1. The molecule has 0 bridgehead atoms. The monoisotopic (exact) mass is 258 g/mol. The molecule has 0 atom stereocenters. The molecule has 0 saturated heterocycles. The van der Waals surface area contributed by atoms with E-state index in [4.69, 9.17) is 15.2 Å². The fourth-order valence-electron chi connectivity index (χ4n) is 1.21. The number of aromatic nitrogens is 2. The number of nitrogens with two attached hydrogens (primary N) is 1. The van der Waals surface area contributed by atoms with Gasteiger partial charge < -0.3 is 20.5 Å². The van der Waals surface area contributed by atoms with Crippen LogP contribution in [0.5, 0.6) is 0 Å². The van der Waals surface area contributed by atoms with Gasteiger partial charge in [-0.2, -0.15) is 0 Å². The van der Waals surface area contributed by atoms with Crippen LogP contribution in [0.1, 0.15) is 23.3 Å². The van der Waals surface area contributed by atoms with E-state index in [9.17, 15) is 4.79 Å². The number of methoxy groups -OCH3 is 1. The summed E-state index contributed by atoms with van der Waals surface area (Å²) in [5.74, 6) is -0.385. The molecule has 0 spiro atoms. The highest BCUT2D eigenvalue weighted by Crippen LogP contribution is 2.03. The molecule has 1 rings (SSSR count). The third-order valence-electron chi connectivity index (χ3n) is 2.16. The molecule has 18 heavy (non-hydrogen) atoms. The summed E-state index contributed by atoms with van der Waals surface area (Å²) in [7, 11) is 1.63. The second-order valence-electron chi connectivity index (χ2n) is 3.57. The van der Waals surface area contributed by atoms with Gasteiger partial charge in [-0.05, 0) is 23.2 Å². The lowest BCUT2D eigenvalue weighted by Crippen LogP contribution is -2.25. The van der Waals surface area contributed by atoms with Crippen LogP contribution in [0.25, 0.3) is 0 Å². The predicted octanol–water partition coefficient (Wildman–Crippen LogP) is -0.175. The van der Waals surface area contributed by atoms with Gasteiger partial charge in [0.25, 0.3) is 5.91 Å². The Balaban J connectivity index is 2.01. The Morgan fingerprint density at radius 3 is 2.83 bits per heavy atom. The SMILES string of the molecule is COCCOCCCCNC(=O)c1nonc1N. The molecule has 3 N–H and O–H groups in total. The number of hydrogen-bond donors (Lipinski definition) is 2. The zero-order valence-electron chi connectivity index (χ0n) is 10.3. The van der Waals surface area contributed by atoms with Crippen LogP contribution < -0.4 is 11.1 Å². The molecule has 1 amide bonds. The molecule has 0 fully saturated rings. The molecule has 0 aliphatic heterocycles. The van der Waals surface area contributed by atoms with Gasteiger partial charge in [0.1, 0.15) is 0 Å². The van der Waals surface area contributed by atoms with Gasteiger partial charge in [-0.1, -0.05) is 0 Å². The molecule has 102 valence electrons. The first-order valence-corrected chi connectivity index (χ1v) is 5.68. The van der Waals surface area contributed by atoms with Crippen molar-refractivity contribution in [3.63, 3.8) is 0 Å². The van der Waals surface area contributed by atoms with E-state index >= 15 is 0 Å². The number of hydrogen-bond acceptors (Lipinski definition) is 7. The van der Waals surface area contributed by atoms with Crippen LogP contribution in [0.2, 0.25) is 0 Å². The minimum absolute atomic E-state index is 0.00426. The predicted molar refractivity (Wildman–Crippen MR) is 63.0 cm³/mol. The summed E-state index contributed by atoms with van der Waals surface area (Å²) in [5.41, 5.74) is 5.40. The van der Waals surface area contributed by atoms with E-state index in [0.717, 1.165) is 12.8 Å². The van der Waals surface area contributed by atoms with Crippen LogP contribution in [-0.2, 0) is 9.47 Å². The van der Waals surface area contributed by atoms with Gasteiger partial charge in [0, 0.05) is 20.3 Å². The second-order valence-corrected chi connectivity index (χ2v) is 3.57. The van der Waals surface area contributed by atoms with Crippen molar-refractivity contribution in [2.24, 2.45) is 0 Å². The number of carbonyl (C=O) groups is 1. The van der Waals surface area contributed by atoms with Crippen LogP contribution in [0.15, 0.2) is 4.63 Å². The summed E-state index contributed by atoms with van der Waals surface area (Å²) in [6.07, 6.45) is 1.67. The fraction of sp³-hybridized carbons (Fsp3) is 0.700. The molecule has 0 aliphatic rings. The van der Waals surface area contributed by atoms with Crippen molar-refractivity contribution in [2.45, 2.75) is 12.8 Å².